The number of nitrogens with one attached hydrogen (secondary N) is 1. The molecule has 2 aliphatic rings. The third-order valence-electron chi connectivity index (χ3n) is 6.32. The van der Waals surface area contributed by atoms with Crippen LogP contribution in [0.15, 0.2) is 54.9 Å². The van der Waals surface area contributed by atoms with Gasteiger partial charge in [-0.1, -0.05) is 18.2 Å². The molecule has 0 spiro atoms. The van der Waals surface area contributed by atoms with E-state index in [-0.39, 0.29) is 17.7 Å². The predicted octanol–water partition coefficient (Wildman–Crippen LogP) is 2.36. The van der Waals surface area contributed by atoms with E-state index >= 15 is 0 Å². The minimum absolute atomic E-state index is 0.0341. The van der Waals surface area contributed by atoms with Gasteiger partial charge in [-0.3, -0.25) is 24.2 Å². The van der Waals surface area contributed by atoms with Gasteiger partial charge in [-0.2, -0.15) is 5.10 Å². The highest BCUT2D eigenvalue weighted by Crippen LogP contribution is 2.29. The molecular formula is C25H28N6O2. The van der Waals surface area contributed by atoms with Crippen LogP contribution in [0.25, 0.3) is 0 Å². The number of nitrogens with zero attached hydrogens (tertiary/aromatic N) is 5. The first kappa shape index (κ1) is 21.3. The topological polar surface area (TPSA) is 83.4 Å². The number of carbonyl (C=O) groups excluding carboxylic acids is 2. The van der Waals surface area contributed by atoms with Crippen molar-refractivity contribution in [3.05, 3.63) is 77.4 Å². The molecule has 2 aromatic heterocycles. The lowest BCUT2D eigenvalue weighted by atomic mass is 9.95. The number of carbonyl (C=O) groups is 2. The standard InChI is InChI=1S/C25H28N6O2/c1-29-15-19-16-30(14-18-7-9-21(10-8-18)31-12-4-6-23(31)32)17-22(24(19)28-29)25(33)27-13-20-5-2-3-11-26-20/h2-3,5,7-11,15,22H,4,6,12-14,16-17H2,1H3,(H,27,33)/t22-/m1/s1. The van der Waals surface area contributed by atoms with Crippen molar-refractivity contribution in [1.29, 1.82) is 0 Å². The van der Waals surface area contributed by atoms with E-state index in [1.807, 2.05) is 48.5 Å². The van der Waals surface area contributed by atoms with Crippen LogP contribution in [-0.4, -0.2) is 44.6 Å². The Balaban J connectivity index is 1.28. The molecule has 1 N–H and O–H groups in total. The maximum absolute atomic E-state index is 13.1. The van der Waals surface area contributed by atoms with Gasteiger partial charge in [0.25, 0.3) is 0 Å². The molecule has 3 aromatic rings. The number of rotatable bonds is 6. The van der Waals surface area contributed by atoms with Crippen molar-refractivity contribution in [3.8, 4) is 0 Å². The summed E-state index contributed by atoms with van der Waals surface area (Å²) in [5, 5.41) is 7.62. The maximum atomic E-state index is 13.1. The van der Waals surface area contributed by atoms with Crippen LogP contribution in [0.1, 0.15) is 41.3 Å². The quantitative estimate of drug-likeness (QED) is 0.631. The fourth-order valence-corrected chi connectivity index (χ4v) is 4.71. The van der Waals surface area contributed by atoms with Crippen LogP contribution < -0.4 is 10.2 Å². The normalized spacial score (nSPS) is 18.4. The average Bonchev–Trinajstić information content (AvgIpc) is 3.42. The van der Waals surface area contributed by atoms with Gasteiger partial charge in [-0.05, 0) is 36.2 Å². The first-order valence-corrected chi connectivity index (χ1v) is 11.4. The third kappa shape index (κ3) is 4.66. The number of aromatic nitrogens is 3. The number of amides is 2. The molecule has 0 bridgehead atoms. The van der Waals surface area contributed by atoms with Crippen LogP contribution in [0.2, 0.25) is 0 Å². The Labute approximate surface area is 193 Å². The van der Waals surface area contributed by atoms with Crippen molar-refractivity contribution in [2.24, 2.45) is 7.05 Å². The first-order valence-electron chi connectivity index (χ1n) is 11.4. The molecule has 4 heterocycles. The minimum atomic E-state index is -0.333. The number of fused-ring (bicyclic) bond motifs is 1. The highest BCUT2D eigenvalue weighted by atomic mass is 16.2. The zero-order valence-corrected chi connectivity index (χ0v) is 18.8. The summed E-state index contributed by atoms with van der Waals surface area (Å²) in [5.74, 6) is -0.171. The summed E-state index contributed by atoms with van der Waals surface area (Å²) in [6.45, 7) is 3.27. The molecule has 33 heavy (non-hydrogen) atoms. The second kappa shape index (κ2) is 9.15. The Morgan fingerprint density at radius 3 is 2.76 bits per heavy atom. The number of benzene rings is 1. The summed E-state index contributed by atoms with van der Waals surface area (Å²) in [5.41, 5.74) is 4.89. The molecule has 5 rings (SSSR count). The summed E-state index contributed by atoms with van der Waals surface area (Å²) in [4.78, 5) is 33.5. The highest BCUT2D eigenvalue weighted by Gasteiger charge is 2.33. The number of aryl methyl sites for hydroxylation is 1. The van der Waals surface area contributed by atoms with Crippen LogP contribution >= 0.6 is 0 Å². The van der Waals surface area contributed by atoms with E-state index in [9.17, 15) is 9.59 Å². The van der Waals surface area contributed by atoms with Crippen molar-refractivity contribution in [3.63, 3.8) is 0 Å². The molecule has 170 valence electrons. The Bertz CT molecular complexity index is 1140. The lowest BCUT2D eigenvalue weighted by Gasteiger charge is -2.31. The Morgan fingerprint density at radius 1 is 1.18 bits per heavy atom. The van der Waals surface area contributed by atoms with Crippen LogP contribution in [0, 0.1) is 0 Å². The largest absolute Gasteiger partial charge is 0.350 e. The molecule has 1 saturated heterocycles. The molecule has 1 atom stereocenters. The van der Waals surface area contributed by atoms with E-state index in [1.54, 1.807) is 10.9 Å². The van der Waals surface area contributed by atoms with Gasteiger partial charge in [0, 0.05) is 63.3 Å². The zero-order valence-electron chi connectivity index (χ0n) is 18.8. The van der Waals surface area contributed by atoms with Crippen molar-refractivity contribution in [1.82, 2.24) is 25.0 Å². The predicted molar refractivity (Wildman–Crippen MR) is 124 cm³/mol. The monoisotopic (exact) mass is 444 g/mol. The molecule has 0 unspecified atom stereocenters. The molecule has 2 aliphatic heterocycles. The zero-order chi connectivity index (χ0) is 22.8. The fraction of sp³-hybridized carbons (Fsp3) is 0.360. The van der Waals surface area contributed by atoms with Gasteiger partial charge in [0.2, 0.25) is 11.8 Å². The van der Waals surface area contributed by atoms with Crippen LogP contribution in [0.5, 0.6) is 0 Å². The van der Waals surface area contributed by atoms with Crippen LogP contribution in [0.4, 0.5) is 5.69 Å². The molecule has 0 aliphatic carbocycles. The molecule has 2 amide bonds. The first-order chi connectivity index (χ1) is 16.1. The average molecular weight is 445 g/mol. The molecular weight excluding hydrogens is 416 g/mol. The maximum Gasteiger partial charge on any atom is 0.230 e. The van der Waals surface area contributed by atoms with Gasteiger partial charge < -0.3 is 10.2 Å². The van der Waals surface area contributed by atoms with E-state index in [0.717, 1.165) is 54.3 Å². The van der Waals surface area contributed by atoms with Gasteiger partial charge in [-0.15, -0.1) is 0 Å². The summed E-state index contributed by atoms with van der Waals surface area (Å²) < 4.78 is 1.79. The van der Waals surface area contributed by atoms with Gasteiger partial charge in [0.05, 0.1) is 23.9 Å². The van der Waals surface area contributed by atoms with Gasteiger partial charge in [0.15, 0.2) is 0 Å². The van der Waals surface area contributed by atoms with Gasteiger partial charge >= 0.3 is 0 Å². The molecule has 1 fully saturated rings. The Hall–Kier alpha value is -3.52. The summed E-state index contributed by atoms with van der Waals surface area (Å²) in [6.07, 6.45) is 5.28. The van der Waals surface area contributed by atoms with E-state index in [0.29, 0.717) is 19.5 Å². The minimum Gasteiger partial charge on any atom is -0.350 e. The van der Waals surface area contributed by atoms with E-state index < -0.39 is 0 Å². The van der Waals surface area contributed by atoms with Crippen molar-refractivity contribution < 1.29 is 9.59 Å². The molecule has 8 heteroatoms. The summed E-state index contributed by atoms with van der Waals surface area (Å²) >= 11 is 0. The number of anilines is 1. The molecule has 0 saturated carbocycles. The smallest absolute Gasteiger partial charge is 0.230 e. The SMILES string of the molecule is Cn1cc2c(n1)[C@H](C(=O)NCc1ccccn1)CN(Cc1ccc(N3CCCC3=O)cc1)C2. The lowest BCUT2D eigenvalue weighted by Crippen LogP contribution is -2.40. The van der Waals surface area contributed by atoms with E-state index in [1.165, 1.54) is 0 Å². The van der Waals surface area contributed by atoms with Crippen LogP contribution in [0.3, 0.4) is 0 Å². The molecule has 8 nitrogen and oxygen atoms in total. The summed E-state index contributed by atoms with van der Waals surface area (Å²) in [6, 6.07) is 13.9. The number of pyridine rings is 1. The fourth-order valence-electron chi connectivity index (χ4n) is 4.71. The number of hydrogen-bond donors (Lipinski definition) is 1. The third-order valence-corrected chi connectivity index (χ3v) is 6.32. The van der Waals surface area contributed by atoms with Gasteiger partial charge in [-0.25, -0.2) is 0 Å². The van der Waals surface area contributed by atoms with E-state index in [2.05, 4.69) is 32.4 Å². The Kier molecular flexibility index (Phi) is 5.92. The van der Waals surface area contributed by atoms with Crippen LogP contribution in [-0.2, 0) is 36.3 Å². The van der Waals surface area contributed by atoms with Crippen molar-refractivity contribution >= 4 is 17.5 Å². The molecule has 0 radical (unpaired) electrons. The second-order valence-electron chi connectivity index (χ2n) is 8.79. The highest BCUT2D eigenvalue weighted by molar-refractivity contribution is 5.95. The lowest BCUT2D eigenvalue weighted by molar-refractivity contribution is -0.123. The summed E-state index contributed by atoms with van der Waals surface area (Å²) in [7, 11) is 1.89. The van der Waals surface area contributed by atoms with Crippen molar-refractivity contribution in [2.75, 3.05) is 18.0 Å². The molecule has 1 aromatic carbocycles. The van der Waals surface area contributed by atoms with Gasteiger partial charge in [0.1, 0.15) is 0 Å². The van der Waals surface area contributed by atoms with E-state index in [4.69, 9.17) is 0 Å². The Morgan fingerprint density at radius 2 is 2.03 bits per heavy atom. The second-order valence-corrected chi connectivity index (χ2v) is 8.79. The number of hydrogen-bond acceptors (Lipinski definition) is 5. The van der Waals surface area contributed by atoms with Crippen molar-refractivity contribution in [2.45, 2.75) is 38.4 Å².